The van der Waals surface area contributed by atoms with Crippen LogP contribution in [0.1, 0.15) is 53.9 Å². The average Bonchev–Trinajstić information content (AvgIpc) is 2.10. The Kier molecular flexibility index (Phi) is 5.82. The van der Waals surface area contributed by atoms with Gasteiger partial charge in [-0.05, 0) is 45.6 Å². The molecule has 0 saturated heterocycles. The zero-order valence-electron chi connectivity index (χ0n) is 11.6. The molecular formula is C13H29NO. The van der Waals surface area contributed by atoms with Crippen molar-refractivity contribution in [2.24, 2.45) is 5.41 Å². The smallest absolute Gasteiger partial charge is 0.0623 e. The van der Waals surface area contributed by atoms with Gasteiger partial charge in [-0.2, -0.15) is 0 Å². The molecule has 0 fully saturated rings. The minimum absolute atomic E-state index is 0.00693. The summed E-state index contributed by atoms with van der Waals surface area (Å²) in [6, 6.07) is 0.597. The van der Waals surface area contributed by atoms with Gasteiger partial charge in [0.05, 0.1) is 5.60 Å². The number of rotatable bonds is 6. The van der Waals surface area contributed by atoms with Crippen molar-refractivity contribution < 1.29 is 4.74 Å². The summed E-state index contributed by atoms with van der Waals surface area (Å²) in [6.07, 6.45) is 3.49. The molecule has 1 unspecified atom stereocenters. The van der Waals surface area contributed by atoms with Gasteiger partial charge in [0, 0.05) is 13.2 Å². The van der Waals surface area contributed by atoms with E-state index in [1.54, 1.807) is 7.11 Å². The molecule has 0 aromatic carbocycles. The highest BCUT2D eigenvalue weighted by Crippen LogP contribution is 2.25. The van der Waals surface area contributed by atoms with Crippen molar-refractivity contribution in [3.8, 4) is 0 Å². The second kappa shape index (κ2) is 5.86. The third-order valence-electron chi connectivity index (χ3n) is 2.91. The normalized spacial score (nSPS) is 15.4. The third-order valence-corrected chi connectivity index (χ3v) is 2.91. The molecule has 0 aromatic heterocycles. The Labute approximate surface area is 95.8 Å². The van der Waals surface area contributed by atoms with Crippen molar-refractivity contribution in [1.29, 1.82) is 0 Å². The van der Waals surface area contributed by atoms with Crippen LogP contribution in [0.15, 0.2) is 0 Å². The standard InChI is InChI=1S/C13H29NO/c1-12(2,3)10-11(14-6)8-9-13(4,5)15-7/h11,14H,8-10H2,1-7H3. The van der Waals surface area contributed by atoms with Crippen molar-refractivity contribution in [1.82, 2.24) is 5.32 Å². The lowest BCUT2D eigenvalue weighted by Gasteiger charge is -2.29. The molecule has 0 radical (unpaired) electrons. The molecule has 0 aromatic rings. The van der Waals surface area contributed by atoms with Gasteiger partial charge < -0.3 is 10.1 Å². The minimum Gasteiger partial charge on any atom is -0.379 e. The fourth-order valence-electron chi connectivity index (χ4n) is 1.71. The Morgan fingerprint density at radius 3 is 2.00 bits per heavy atom. The van der Waals surface area contributed by atoms with Crippen LogP contribution in [0.3, 0.4) is 0 Å². The molecule has 15 heavy (non-hydrogen) atoms. The lowest BCUT2D eigenvalue weighted by Crippen LogP contribution is -2.33. The molecule has 0 aliphatic carbocycles. The average molecular weight is 215 g/mol. The van der Waals surface area contributed by atoms with Crippen molar-refractivity contribution in [2.45, 2.75) is 65.5 Å². The minimum atomic E-state index is 0.00693. The van der Waals surface area contributed by atoms with E-state index >= 15 is 0 Å². The summed E-state index contributed by atoms with van der Waals surface area (Å²) in [5.41, 5.74) is 0.401. The Balaban J connectivity index is 4.01. The Morgan fingerprint density at radius 1 is 1.13 bits per heavy atom. The lowest BCUT2D eigenvalue weighted by atomic mass is 9.85. The Morgan fingerprint density at radius 2 is 1.67 bits per heavy atom. The molecule has 2 nitrogen and oxygen atoms in total. The largest absolute Gasteiger partial charge is 0.379 e. The Bertz CT molecular complexity index is 170. The van der Waals surface area contributed by atoms with E-state index in [4.69, 9.17) is 4.74 Å². The first-order chi connectivity index (χ1) is 6.70. The molecule has 0 saturated carbocycles. The van der Waals surface area contributed by atoms with E-state index in [1.807, 2.05) is 0 Å². The highest BCUT2D eigenvalue weighted by Gasteiger charge is 2.21. The van der Waals surface area contributed by atoms with Gasteiger partial charge in [0.15, 0.2) is 0 Å². The van der Waals surface area contributed by atoms with Crippen LogP contribution in [0.4, 0.5) is 0 Å². The molecule has 2 heteroatoms. The summed E-state index contributed by atoms with van der Waals surface area (Å²) in [4.78, 5) is 0. The molecule has 92 valence electrons. The number of hydrogen-bond donors (Lipinski definition) is 1. The summed E-state index contributed by atoms with van der Waals surface area (Å²) in [5, 5.41) is 3.40. The van der Waals surface area contributed by atoms with E-state index in [0.29, 0.717) is 11.5 Å². The van der Waals surface area contributed by atoms with Gasteiger partial charge in [0.1, 0.15) is 0 Å². The van der Waals surface area contributed by atoms with E-state index in [2.05, 4.69) is 47.0 Å². The Hall–Kier alpha value is -0.0800. The van der Waals surface area contributed by atoms with Gasteiger partial charge in [-0.25, -0.2) is 0 Å². The zero-order chi connectivity index (χ0) is 12.1. The molecule has 1 N–H and O–H groups in total. The first-order valence-electron chi connectivity index (χ1n) is 5.92. The van der Waals surface area contributed by atoms with E-state index in [0.717, 1.165) is 6.42 Å². The van der Waals surface area contributed by atoms with Gasteiger partial charge in [0.25, 0.3) is 0 Å². The highest BCUT2D eigenvalue weighted by molar-refractivity contribution is 4.77. The lowest BCUT2D eigenvalue weighted by molar-refractivity contribution is 0.0109. The SMILES string of the molecule is CNC(CCC(C)(C)OC)CC(C)(C)C. The van der Waals surface area contributed by atoms with E-state index in [1.165, 1.54) is 12.8 Å². The summed E-state index contributed by atoms with van der Waals surface area (Å²) in [5.74, 6) is 0. The van der Waals surface area contributed by atoms with Crippen molar-refractivity contribution in [3.63, 3.8) is 0 Å². The number of hydrogen-bond acceptors (Lipinski definition) is 2. The second-order valence-electron chi connectivity index (χ2n) is 6.25. The second-order valence-corrected chi connectivity index (χ2v) is 6.25. The topological polar surface area (TPSA) is 21.3 Å². The number of methoxy groups -OCH3 is 1. The van der Waals surface area contributed by atoms with Crippen LogP contribution in [-0.4, -0.2) is 25.8 Å². The molecule has 0 bridgehead atoms. The van der Waals surface area contributed by atoms with E-state index in [-0.39, 0.29) is 5.60 Å². The van der Waals surface area contributed by atoms with Gasteiger partial charge in [-0.1, -0.05) is 20.8 Å². The summed E-state index contributed by atoms with van der Waals surface area (Å²) in [7, 11) is 3.84. The molecule has 0 rings (SSSR count). The van der Waals surface area contributed by atoms with E-state index in [9.17, 15) is 0 Å². The first-order valence-corrected chi connectivity index (χ1v) is 5.92. The molecule has 0 aliphatic heterocycles. The molecular weight excluding hydrogens is 186 g/mol. The number of ether oxygens (including phenoxy) is 1. The summed E-state index contributed by atoms with van der Waals surface area (Å²) in [6.45, 7) is 11.2. The van der Waals surface area contributed by atoms with Crippen LogP contribution in [0.2, 0.25) is 0 Å². The first kappa shape index (κ1) is 14.9. The number of nitrogens with one attached hydrogen (secondary N) is 1. The zero-order valence-corrected chi connectivity index (χ0v) is 11.6. The maximum atomic E-state index is 5.43. The van der Waals surface area contributed by atoms with E-state index < -0.39 is 0 Å². The monoisotopic (exact) mass is 215 g/mol. The van der Waals surface area contributed by atoms with Gasteiger partial charge in [-0.3, -0.25) is 0 Å². The maximum Gasteiger partial charge on any atom is 0.0623 e. The molecule has 0 heterocycles. The quantitative estimate of drug-likeness (QED) is 0.734. The van der Waals surface area contributed by atoms with Crippen LogP contribution in [0, 0.1) is 5.41 Å². The van der Waals surface area contributed by atoms with Gasteiger partial charge in [-0.15, -0.1) is 0 Å². The molecule has 0 spiro atoms. The summed E-state index contributed by atoms with van der Waals surface area (Å²) < 4.78 is 5.43. The van der Waals surface area contributed by atoms with Crippen LogP contribution in [-0.2, 0) is 4.74 Å². The molecule has 1 atom stereocenters. The van der Waals surface area contributed by atoms with Crippen molar-refractivity contribution in [2.75, 3.05) is 14.2 Å². The predicted octanol–water partition coefficient (Wildman–Crippen LogP) is 3.22. The van der Waals surface area contributed by atoms with Gasteiger partial charge in [0.2, 0.25) is 0 Å². The fraction of sp³-hybridized carbons (Fsp3) is 1.00. The van der Waals surface area contributed by atoms with Crippen LogP contribution in [0.25, 0.3) is 0 Å². The fourth-order valence-corrected chi connectivity index (χ4v) is 1.71. The maximum absolute atomic E-state index is 5.43. The van der Waals surface area contributed by atoms with Crippen LogP contribution < -0.4 is 5.32 Å². The molecule has 0 aliphatic rings. The van der Waals surface area contributed by atoms with Crippen LogP contribution in [0.5, 0.6) is 0 Å². The third kappa shape index (κ3) is 7.80. The summed E-state index contributed by atoms with van der Waals surface area (Å²) >= 11 is 0. The predicted molar refractivity (Wildman–Crippen MR) is 67.2 cm³/mol. The van der Waals surface area contributed by atoms with Gasteiger partial charge >= 0.3 is 0 Å². The molecule has 0 amide bonds. The highest BCUT2D eigenvalue weighted by atomic mass is 16.5. The van der Waals surface area contributed by atoms with Crippen molar-refractivity contribution >= 4 is 0 Å². The van der Waals surface area contributed by atoms with Crippen LogP contribution >= 0.6 is 0 Å². The van der Waals surface area contributed by atoms with Crippen molar-refractivity contribution in [3.05, 3.63) is 0 Å².